The molecule has 2 heterocycles. The average molecular weight is 582 g/mol. The van der Waals surface area contributed by atoms with Gasteiger partial charge in [-0.15, -0.1) is 0 Å². The number of hydrogen-bond acceptors (Lipinski definition) is 10. The molecule has 13 heteroatoms. The first-order chi connectivity index (χ1) is 18.4. The zero-order valence-corrected chi connectivity index (χ0v) is 25.2. The topological polar surface area (TPSA) is 141 Å². The van der Waals surface area contributed by atoms with Crippen LogP contribution < -0.4 is 65.8 Å². The SMILES string of the molecule is O=C1c2cccc3c(S(=O)(=O)[O-])ccc(c23)C(=O)N1c1ccc2c(c1)OCCOCCOCCOCCO2.[K+]. The second-order valence-corrected chi connectivity index (χ2v) is 9.75. The molecule has 0 N–H and O–H groups in total. The van der Waals surface area contributed by atoms with E-state index in [1.54, 1.807) is 12.1 Å². The molecule has 0 aromatic heterocycles. The van der Waals surface area contributed by atoms with Crippen molar-refractivity contribution in [1.82, 2.24) is 0 Å². The Balaban J connectivity index is 0.00000353. The molecule has 3 aromatic rings. The summed E-state index contributed by atoms with van der Waals surface area (Å²) in [5.41, 5.74) is 0.432. The standard InChI is InChI=1S/C26H25NO10S.K/c28-25-19-3-1-2-18-23(38(30,31)32)7-5-20(24(18)19)26(29)27(25)17-4-6-21-22(16-17)37-15-13-35-11-9-33-8-10-34-12-14-36-21;/h1-7,16H,8-15H2,(H,30,31,32);/q;+1/p-1. The summed E-state index contributed by atoms with van der Waals surface area (Å²) in [4.78, 5) is 27.5. The van der Waals surface area contributed by atoms with Crippen molar-refractivity contribution in [2.24, 2.45) is 0 Å². The maximum absolute atomic E-state index is 13.5. The summed E-state index contributed by atoms with van der Waals surface area (Å²) in [5.74, 6) is -0.630. The van der Waals surface area contributed by atoms with E-state index >= 15 is 0 Å². The molecule has 39 heavy (non-hydrogen) atoms. The van der Waals surface area contributed by atoms with E-state index in [-0.39, 0.29) is 98.8 Å². The molecule has 0 aliphatic carbocycles. The van der Waals surface area contributed by atoms with Gasteiger partial charge in [-0.2, -0.15) is 0 Å². The van der Waals surface area contributed by atoms with E-state index in [0.29, 0.717) is 44.5 Å². The van der Waals surface area contributed by atoms with E-state index in [2.05, 4.69) is 0 Å². The Hall–Kier alpha value is -1.91. The molecule has 0 radical (unpaired) electrons. The van der Waals surface area contributed by atoms with E-state index < -0.39 is 26.8 Å². The van der Waals surface area contributed by atoms with Crippen molar-refractivity contribution in [3.8, 4) is 11.5 Å². The smallest absolute Gasteiger partial charge is 0.744 e. The zero-order valence-electron chi connectivity index (χ0n) is 21.2. The fourth-order valence-electron chi connectivity index (χ4n) is 4.35. The van der Waals surface area contributed by atoms with E-state index in [9.17, 15) is 22.6 Å². The molecule has 0 spiro atoms. The summed E-state index contributed by atoms with van der Waals surface area (Å²) in [5, 5.41) is 0.159. The number of ether oxygens (including phenoxy) is 5. The van der Waals surface area contributed by atoms with Gasteiger partial charge in [0.2, 0.25) is 0 Å². The maximum atomic E-state index is 13.5. The second kappa shape index (κ2) is 13.2. The Morgan fingerprint density at radius 1 is 0.692 bits per heavy atom. The molecule has 5 rings (SSSR count). The molecular weight excluding hydrogens is 557 g/mol. The van der Waals surface area contributed by atoms with Crippen LogP contribution >= 0.6 is 0 Å². The van der Waals surface area contributed by atoms with Gasteiger partial charge in [-0.25, -0.2) is 13.3 Å². The largest absolute Gasteiger partial charge is 1.00 e. The Morgan fingerprint density at radius 2 is 1.26 bits per heavy atom. The van der Waals surface area contributed by atoms with Crippen LogP contribution in [0.15, 0.2) is 53.4 Å². The predicted octanol–water partition coefficient (Wildman–Crippen LogP) is -0.630. The first kappa shape index (κ1) is 30.1. The van der Waals surface area contributed by atoms with Crippen LogP contribution in [0.25, 0.3) is 10.8 Å². The van der Waals surface area contributed by atoms with Gasteiger partial charge in [0.1, 0.15) is 23.3 Å². The number of carbonyl (C=O) groups is 2. The van der Waals surface area contributed by atoms with Gasteiger partial charge < -0.3 is 28.2 Å². The Kier molecular flexibility index (Phi) is 10.1. The van der Waals surface area contributed by atoms with Crippen LogP contribution in [-0.2, 0) is 24.3 Å². The van der Waals surface area contributed by atoms with Gasteiger partial charge >= 0.3 is 51.4 Å². The van der Waals surface area contributed by atoms with Crippen molar-refractivity contribution < 1.29 is 97.6 Å². The van der Waals surface area contributed by atoms with E-state index in [4.69, 9.17) is 23.7 Å². The minimum absolute atomic E-state index is 0. The predicted molar refractivity (Wildman–Crippen MR) is 133 cm³/mol. The molecule has 0 bridgehead atoms. The van der Waals surface area contributed by atoms with Crippen LogP contribution in [0.1, 0.15) is 20.7 Å². The van der Waals surface area contributed by atoms with E-state index in [1.165, 1.54) is 30.3 Å². The Bertz CT molecular complexity index is 1470. The second-order valence-electron chi connectivity index (χ2n) is 8.40. The number of hydrogen-bond donors (Lipinski definition) is 0. The minimum Gasteiger partial charge on any atom is -0.744 e. The number of carbonyl (C=O) groups excluding carboxylic acids is 2. The molecule has 0 saturated carbocycles. The van der Waals surface area contributed by atoms with Crippen molar-refractivity contribution in [1.29, 1.82) is 0 Å². The molecule has 2 aliphatic heterocycles. The molecule has 3 aromatic carbocycles. The van der Waals surface area contributed by atoms with Crippen molar-refractivity contribution in [3.05, 3.63) is 59.7 Å². The van der Waals surface area contributed by atoms with Gasteiger partial charge in [-0.3, -0.25) is 9.59 Å². The van der Waals surface area contributed by atoms with Crippen LogP contribution in [0.4, 0.5) is 5.69 Å². The van der Waals surface area contributed by atoms with Gasteiger partial charge in [0.25, 0.3) is 11.8 Å². The molecule has 11 nitrogen and oxygen atoms in total. The van der Waals surface area contributed by atoms with E-state index in [1.807, 2.05) is 0 Å². The molecule has 2 aliphatic rings. The zero-order chi connectivity index (χ0) is 26.7. The summed E-state index contributed by atoms with van der Waals surface area (Å²) in [6, 6.07) is 11.4. The van der Waals surface area contributed by atoms with Crippen LogP contribution in [0.2, 0.25) is 0 Å². The first-order valence-corrected chi connectivity index (χ1v) is 13.3. The molecule has 200 valence electrons. The van der Waals surface area contributed by atoms with Crippen molar-refractivity contribution >= 4 is 38.4 Å². The summed E-state index contributed by atoms with van der Waals surface area (Å²) >= 11 is 0. The van der Waals surface area contributed by atoms with Crippen molar-refractivity contribution in [2.45, 2.75) is 4.90 Å². The van der Waals surface area contributed by atoms with Gasteiger partial charge in [0.15, 0.2) is 11.5 Å². The fraction of sp³-hybridized carbons (Fsp3) is 0.308. The molecule has 0 unspecified atom stereocenters. The number of benzene rings is 3. The summed E-state index contributed by atoms with van der Waals surface area (Å²) in [6.45, 7) is 2.72. The normalized spacial score (nSPS) is 17.2. The monoisotopic (exact) mass is 581 g/mol. The summed E-state index contributed by atoms with van der Waals surface area (Å²) in [6.07, 6.45) is 0. The van der Waals surface area contributed by atoms with Crippen LogP contribution in [0, 0.1) is 0 Å². The number of imide groups is 1. The maximum Gasteiger partial charge on any atom is 1.00 e. The van der Waals surface area contributed by atoms with Crippen molar-refractivity contribution in [3.63, 3.8) is 0 Å². The van der Waals surface area contributed by atoms with Gasteiger partial charge in [-0.1, -0.05) is 12.1 Å². The number of nitrogens with zero attached hydrogens (tertiary/aromatic N) is 1. The molecular formula is C26H24KNO10S. The fourth-order valence-corrected chi connectivity index (χ4v) is 5.03. The molecule has 2 amide bonds. The van der Waals surface area contributed by atoms with Gasteiger partial charge in [0, 0.05) is 28.0 Å². The summed E-state index contributed by atoms with van der Waals surface area (Å²) < 4.78 is 63.3. The third-order valence-electron chi connectivity index (χ3n) is 6.04. The number of rotatable bonds is 2. The number of fused-ring (bicyclic) bond motifs is 1. The van der Waals surface area contributed by atoms with Gasteiger partial charge in [-0.05, 0) is 30.3 Å². The average Bonchev–Trinajstić information content (AvgIpc) is 2.90. The molecule has 0 saturated heterocycles. The number of anilines is 1. The summed E-state index contributed by atoms with van der Waals surface area (Å²) in [7, 11) is -4.82. The minimum atomic E-state index is -4.82. The van der Waals surface area contributed by atoms with Crippen LogP contribution in [-0.4, -0.2) is 77.6 Å². The first-order valence-electron chi connectivity index (χ1n) is 11.9. The van der Waals surface area contributed by atoms with Crippen molar-refractivity contribution in [2.75, 3.05) is 57.8 Å². The van der Waals surface area contributed by atoms with E-state index in [0.717, 1.165) is 11.0 Å². The van der Waals surface area contributed by atoms with Crippen LogP contribution in [0.5, 0.6) is 11.5 Å². The molecule has 0 atom stereocenters. The Labute approximate surface area is 267 Å². The number of amides is 2. The third kappa shape index (κ3) is 6.54. The Morgan fingerprint density at radius 3 is 1.87 bits per heavy atom. The third-order valence-corrected chi connectivity index (χ3v) is 6.93. The quantitative estimate of drug-likeness (QED) is 0.218. The van der Waals surface area contributed by atoms with Gasteiger partial charge in [0.05, 0.1) is 50.2 Å². The van der Waals surface area contributed by atoms with Crippen LogP contribution in [0.3, 0.4) is 0 Å². The molecule has 0 fully saturated rings.